The lowest BCUT2D eigenvalue weighted by Gasteiger charge is -2.30. The first-order chi connectivity index (χ1) is 11.2. The third kappa shape index (κ3) is 1.77. The molecule has 0 nitrogen and oxygen atoms in total. The van der Waals surface area contributed by atoms with E-state index in [-0.39, 0.29) is 0 Å². The van der Waals surface area contributed by atoms with Gasteiger partial charge in [-0.2, -0.15) is 0 Å². The summed E-state index contributed by atoms with van der Waals surface area (Å²) in [5, 5.41) is 3.32. The Hall–Kier alpha value is -1.86. The average molecular weight is 315 g/mol. The Labute approximate surface area is 139 Å². The van der Waals surface area contributed by atoms with Gasteiger partial charge in [0.05, 0.1) is 0 Å². The van der Waals surface area contributed by atoms with Crippen LogP contribution in [-0.4, -0.2) is 8.07 Å². The van der Waals surface area contributed by atoms with Gasteiger partial charge in [-0.25, -0.2) is 0 Å². The molecule has 0 saturated heterocycles. The highest BCUT2D eigenvalue weighted by Crippen LogP contribution is 2.40. The summed E-state index contributed by atoms with van der Waals surface area (Å²) in [4.78, 5) is 0. The van der Waals surface area contributed by atoms with Crippen molar-refractivity contribution in [2.45, 2.75) is 37.8 Å². The van der Waals surface area contributed by atoms with Gasteiger partial charge in [0, 0.05) is 11.8 Å². The molecule has 0 amide bonds. The zero-order valence-electron chi connectivity index (χ0n) is 13.8. The molecule has 2 unspecified atom stereocenters. The van der Waals surface area contributed by atoms with Crippen molar-refractivity contribution in [3.8, 4) is 0 Å². The van der Waals surface area contributed by atoms with Crippen molar-refractivity contribution in [3.63, 3.8) is 0 Å². The Bertz CT molecular complexity index is 798. The van der Waals surface area contributed by atoms with Gasteiger partial charge >= 0.3 is 0 Å². The molecule has 0 aromatic heterocycles. The zero-order valence-corrected chi connectivity index (χ0v) is 14.8. The number of allylic oxidation sites excluding steroid dienone is 2. The standard InChI is InChI=1S/C22H22Si/c1-23(2)19-7-3-5-15-9-11-17(21(15)19)13-14-18-12-10-16-6-4-8-20(23)22(16)18/h3-12,17-18H,13-14H2,1-2H3. The molecule has 0 spiro atoms. The minimum absolute atomic E-state index is 0.625. The summed E-state index contributed by atoms with van der Waals surface area (Å²) in [5.74, 6) is 1.25. The Morgan fingerprint density at radius 3 is 1.70 bits per heavy atom. The van der Waals surface area contributed by atoms with Crippen LogP contribution < -0.4 is 10.4 Å². The van der Waals surface area contributed by atoms with Crippen LogP contribution in [0.25, 0.3) is 12.2 Å². The third-order valence-corrected chi connectivity index (χ3v) is 9.74. The summed E-state index contributed by atoms with van der Waals surface area (Å²) in [7, 11) is -1.69. The molecule has 2 aromatic carbocycles. The van der Waals surface area contributed by atoms with E-state index in [1.807, 2.05) is 0 Å². The van der Waals surface area contributed by atoms with Gasteiger partial charge in [0.2, 0.25) is 0 Å². The molecule has 1 heterocycles. The van der Waals surface area contributed by atoms with Crippen LogP contribution in [0.1, 0.15) is 46.9 Å². The molecule has 0 saturated carbocycles. The smallest absolute Gasteiger partial charge is 0.0764 e. The van der Waals surface area contributed by atoms with Gasteiger partial charge in [-0.3, -0.25) is 0 Å². The van der Waals surface area contributed by atoms with E-state index in [0.717, 1.165) is 0 Å². The van der Waals surface area contributed by atoms with Crippen LogP contribution >= 0.6 is 0 Å². The van der Waals surface area contributed by atoms with Gasteiger partial charge in [0.15, 0.2) is 0 Å². The molecule has 1 heteroatoms. The average Bonchev–Trinajstić information content (AvgIpc) is 3.16. The summed E-state index contributed by atoms with van der Waals surface area (Å²) in [6.45, 7) is 5.10. The largest absolute Gasteiger partial charge is 0.113 e. The normalized spacial score (nSPS) is 25.5. The molecule has 2 atom stereocenters. The monoisotopic (exact) mass is 314 g/mol. The van der Waals surface area contributed by atoms with Crippen molar-refractivity contribution in [2.24, 2.45) is 0 Å². The maximum atomic E-state index is 2.55. The summed E-state index contributed by atoms with van der Waals surface area (Å²) in [5.41, 5.74) is 6.23. The highest BCUT2D eigenvalue weighted by atomic mass is 28.3. The van der Waals surface area contributed by atoms with E-state index in [1.165, 1.54) is 24.0 Å². The van der Waals surface area contributed by atoms with E-state index < -0.39 is 8.07 Å². The molecule has 0 radical (unpaired) electrons. The van der Waals surface area contributed by atoms with E-state index in [4.69, 9.17) is 0 Å². The maximum Gasteiger partial charge on any atom is 0.113 e. The third-order valence-electron chi connectivity index (χ3n) is 6.17. The zero-order chi connectivity index (χ0) is 15.6. The number of hydrogen-bond acceptors (Lipinski definition) is 0. The van der Waals surface area contributed by atoms with Crippen LogP contribution in [0.4, 0.5) is 0 Å². The van der Waals surface area contributed by atoms with Gasteiger partial charge in [-0.15, -0.1) is 0 Å². The first-order valence-electron chi connectivity index (χ1n) is 8.79. The van der Waals surface area contributed by atoms with Gasteiger partial charge in [-0.05, 0) is 35.1 Å². The fraction of sp³-hybridized carbons (Fsp3) is 0.273. The van der Waals surface area contributed by atoms with Crippen molar-refractivity contribution >= 4 is 30.6 Å². The minimum atomic E-state index is -1.69. The van der Waals surface area contributed by atoms with E-state index in [2.05, 4.69) is 73.8 Å². The lowest BCUT2D eigenvalue weighted by Crippen LogP contribution is -2.55. The topological polar surface area (TPSA) is 0 Å². The van der Waals surface area contributed by atoms with E-state index in [0.29, 0.717) is 11.8 Å². The second-order valence-electron chi connectivity index (χ2n) is 7.75. The molecule has 23 heavy (non-hydrogen) atoms. The van der Waals surface area contributed by atoms with Gasteiger partial charge in [0.1, 0.15) is 8.07 Å². The fourth-order valence-electron chi connectivity index (χ4n) is 4.99. The molecular formula is C22H22Si. The van der Waals surface area contributed by atoms with Crippen molar-refractivity contribution in [1.29, 1.82) is 0 Å². The van der Waals surface area contributed by atoms with Crippen molar-refractivity contribution < 1.29 is 0 Å². The molecule has 2 aliphatic carbocycles. The lowest BCUT2D eigenvalue weighted by atomic mass is 9.89. The highest BCUT2D eigenvalue weighted by Gasteiger charge is 2.38. The molecule has 114 valence electrons. The number of hydrogen-bond donors (Lipinski definition) is 0. The summed E-state index contributed by atoms with van der Waals surface area (Å²) in [6, 6.07) is 14.0. The van der Waals surface area contributed by atoms with E-state index >= 15 is 0 Å². The van der Waals surface area contributed by atoms with Crippen LogP contribution in [0.2, 0.25) is 13.1 Å². The van der Waals surface area contributed by atoms with E-state index in [1.54, 1.807) is 21.5 Å². The molecule has 5 rings (SSSR count). The van der Waals surface area contributed by atoms with Crippen LogP contribution in [0.3, 0.4) is 0 Å². The van der Waals surface area contributed by atoms with Crippen molar-refractivity contribution in [3.05, 3.63) is 70.8 Å². The summed E-state index contributed by atoms with van der Waals surface area (Å²) >= 11 is 0. The molecule has 2 aromatic rings. The highest BCUT2D eigenvalue weighted by molar-refractivity contribution is 7.01. The molecule has 3 aliphatic rings. The lowest BCUT2D eigenvalue weighted by molar-refractivity contribution is 0.646. The van der Waals surface area contributed by atoms with Crippen molar-refractivity contribution in [2.75, 3.05) is 0 Å². The summed E-state index contributed by atoms with van der Waals surface area (Å²) < 4.78 is 0. The van der Waals surface area contributed by atoms with E-state index in [9.17, 15) is 0 Å². The van der Waals surface area contributed by atoms with Crippen molar-refractivity contribution in [1.82, 2.24) is 0 Å². The number of rotatable bonds is 0. The van der Waals surface area contributed by atoms with Crippen LogP contribution in [0.15, 0.2) is 48.6 Å². The SMILES string of the molecule is C[Si]1(C)c2cccc3c2C(C=C3)CCC2C=Cc3cccc1c32. The van der Waals surface area contributed by atoms with Crippen LogP contribution in [-0.2, 0) is 0 Å². The second kappa shape index (κ2) is 4.58. The minimum Gasteiger partial charge on any atom is -0.0764 e. The predicted molar refractivity (Wildman–Crippen MR) is 102 cm³/mol. The van der Waals surface area contributed by atoms with Gasteiger partial charge < -0.3 is 0 Å². The van der Waals surface area contributed by atoms with Gasteiger partial charge in [-0.1, -0.05) is 84.2 Å². The first-order valence-corrected chi connectivity index (χ1v) is 11.8. The number of benzene rings is 2. The molecule has 1 aliphatic heterocycles. The molecular weight excluding hydrogens is 292 g/mol. The molecule has 0 N–H and O–H groups in total. The quantitative estimate of drug-likeness (QED) is 0.627. The maximum absolute atomic E-state index is 2.55. The fourth-order valence-corrected chi connectivity index (χ4v) is 8.31. The second-order valence-corrected chi connectivity index (χ2v) is 12.1. The Kier molecular flexibility index (Phi) is 2.70. The predicted octanol–water partition coefficient (Wildman–Crippen LogP) is 4.52. The molecule has 0 fully saturated rings. The first kappa shape index (κ1) is 13.6. The van der Waals surface area contributed by atoms with Crippen LogP contribution in [0.5, 0.6) is 0 Å². The van der Waals surface area contributed by atoms with Crippen LogP contribution in [0, 0.1) is 0 Å². The van der Waals surface area contributed by atoms with Gasteiger partial charge in [0.25, 0.3) is 0 Å². The Morgan fingerprint density at radius 2 is 1.22 bits per heavy atom. The molecule has 0 bridgehead atoms. The summed E-state index contributed by atoms with van der Waals surface area (Å²) in [6.07, 6.45) is 12.2. The Morgan fingerprint density at radius 1 is 0.739 bits per heavy atom. The Balaban J connectivity index is 1.83.